The van der Waals surface area contributed by atoms with Crippen molar-refractivity contribution >= 4 is 5.69 Å². The van der Waals surface area contributed by atoms with E-state index >= 15 is 0 Å². The number of hydrogen-bond donors (Lipinski definition) is 1. The molecule has 0 saturated carbocycles. The van der Waals surface area contributed by atoms with Crippen LogP contribution in [0, 0.1) is 5.82 Å². The first-order valence-corrected chi connectivity index (χ1v) is 6.54. The average molecular weight is 273 g/mol. The summed E-state index contributed by atoms with van der Waals surface area (Å²) in [4.78, 5) is 3.99. The zero-order valence-electron chi connectivity index (χ0n) is 11.3. The summed E-state index contributed by atoms with van der Waals surface area (Å²) < 4.78 is 19.2. The van der Waals surface area contributed by atoms with Crippen LogP contribution < -0.4 is 10.2 Å². The van der Waals surface area contributed by atoms with Gasteiger partial charge in [0, 0.05) is 31.0 Å². The maximum absolute atomic E-state index is 13.8. The number of aromatic nitrogens is 1. The Bertz CT molecular complexity index is 604. The molecule has 0 atom stereocenters. The van der Waals surface area contributed by atoms with Gasteiger partial charge in [0.05, 0.1) is 12.8 Å². The number of methoxy groups -OCH3 is 1. The second kappa shape index (κ2) is 5.46. The minimum absolute atomic E-state index is 0.149. The van der Waals surface area contributed by atoms with Gasteiger partial charge in [-0.3, -0.25) is 4.98 Å². The summed E-state index contributed by atoms with van der Waals surface area (Å²) in [5.74, 6) is 0.590. The molecule has 0 unspecified atom stereocenters. The summed E-state index contributed by atoms with van der Waals surface area (Å²) in [6, 6.07) is 6.96. The van der Waals surface area contributed by atoms with E-state index in [-0.39, 0.29) is 5.82 Å². The van der Waals surface area contributed by atoms with Crippen LogP contribution in [0.15, 0.2) is 36.7 Å². The lowest BCUT2D eigenvalue weighted by atomic mass is 9.99. The third-order valence-corrected chi connectivity index (χ3v) is 3.50. The Labute approximate surface area is 117 Å². The molecule has 0 fully saturated rings. The summed E-state index contributed by atoms with van der Waals surface area (Å²) in [5.41, 5.74) is 5.96. The molecule has 1 N–H and O–H groups in total. The van der Waals surface area contributed by atoms with Crippen LogP contribution in [0.5, 0.6) is 5.75 Å². The van der Waals surface area contributed by atoms with Gasteiger partial charge in [0.25, 0.3) is 0 Å². The highest BCUT2D eigenvalue weighted by atomic mass is 19.1. The minimum atomic E-state index is -0.149. The van der Waals surface area contributed by atoms with Crippen LogP contribution in [0.2, 0.25) is 0 Å². The molecule has 0 spiro atoms. The lowest BCUT2D eigenvalue weighted by Crippen LogP contribution is -2.35. The molecule has 0 saturated heterocycles. The Hall–Kier alpha value is -2.14. The lowest BCUT2D eigenvalue weighted by Gasteiger charge is -2.30. The van der Waals surface area contributed by atoms with Crippen LogP contribution in [0.4, 0.5) is 10.1 Å². The molecular weight excluding hydrogens is 257 g/mol. The van der Waals surface area contributed by atoms with E-state index in [1.54, 1.807) is 25.6 Å². The summed E-state index contributed by atoms with van der Waals surface area (Å²) in [7, 11) is 1.61. The van der Waals surface area contributed by atoms with Gasteiger partial charge in [-0.15, -0.1) is 0 Å². The zero-order valence-corrected chi connectivity index (χ0v) is 11.3. The van der Waals surface area contributed by atoms with Gasteiger partial charge in [0.15, 0.2) is 0 Å². The van der Waals surface area contributed by atoms with Gasteiger partial charge >= 0.3 is 0 Å². The van der Waals surface area contributed by atoms with Gasteiger partial charge in [-0.05, 0) is 36.2 Å². The summed E-state index contributed by atoms with van der Waals surface area (Å²) in [6.45, 7) is 1.36. The fourth-order valence-electron chi connectivity index (χ4n) is 2.50. The monoisotopic (exact) mass is 273 g/mol. The molecule has 104 valence electrons. The van der Waals surface area contributed by atoms with Crippen molar-refractivity contribution in [2.24, 2.45) is 0 Å². The molecule has 1 aromatic heterocycles. The number of nitrogens with one attached hydrogen (secondary N) is 1. The molecule has 1 aliphatic heterocycles. The van der Waals surface area contributed by atoms with Crippen molar-refractivity contribution in [3.05, 3.63) is 53.6 Å². The first-order chi connectivity index (χ1) is 9.78. The summed E-state index contributed by atoms with van der Waals surface area (Å²) in [5, 5.41) is 2.06. The Morgan fingerprint density at radius 1 is 1.20 bits per heavy atom. The molecule has 0 bridgehead atoms. The number of rotatable bonds is 3. The fourth-order valence-corrected chi connectivity index (χ4v) is 2.50. The highest BCUT2D eigenvalue weighted by Gasteiger charge is 2.22. The normalized spacial score (nSPS) is 14.7. The van der Waals surface area contributed by atoms with Crippen molar-refractivity contribution in [1.29, 1.82) is 0 Å². The highest BCUT2D eigenvalue weighted by Crippen LogP contribution is 2.30. The first kappa shape index (κ1) is 12.9. The number of benzene rings is 1. The number of nitrogens with zero attached hydrogens (tertiary/aromatic N) is 2. The number of fused-ring (bicyclic) bond motifs is 1. The maximum atomic E-state index is 13.8. The van der Waals surface area contributed by atoms with Crippen LogP contribution in [-0.4, -0.2) is 23.6 Å². The van der Waals surface area contributed by atoms with Gasteiger partial charge in [0.1, 0.15) is 11.6 Å². The molecule has 2 aromatic rings. The quantitative estimate of drug-likeness (QED) is 0.932. The van der Waals surface area contributed by atoms with Gasteiger partial charge in [-0.2, -0.15) is 0 Å². The van der Waals surface area contributed by atoms with Gasteiger partial charge in [0.2, 0.25) is 0 Å². The predicted molar refractivity (Wildman–Crippen MR) is 74.9 cm³/mol. The number of halogens is 1. The van der Waals surface area contributed by atoms with Crippen molar-refractivity contribution in [1.82, 2.24) is 9.99 Å². The van der Waals surface area contributed by atoms with Crippen LogP contribution in [0.25, 0.3) is 0 Å². The van der Waals surface area contributed by atoms with E-state index in [1.807, 2.05) is 12.1 Å². The van der Waals surface area contributed by atoms with E-state index in [0.717, 1.165) is 29.1 Å². The van der Waals surface area contributed by atoms with Crippen LogP contribution in [0.3, 0.4) is 0 Å². The van der Waals surface area contributed by atoms with Crippen molar-refractivity contribution in [3.63, 3.8) is 0 Å². The number of hydrazine groups is 1. The topological polar surface area (TPSA) is 37.4 Å². The molecular formula is C15H16FN3O. The van der Waals surface area contributed by atoms with Crippen molar-refractivity contribution in [3.8, 4) is 5.75 Å². The second-order valence-electron chi connectivity index (χ2n) is 4.73. The minimum Gasteiger partial charge on any atom is -0.496 e. The molecule has 1 aliphatic rings. The zero-order chi connectivity index (χ0) is 13.9. The summed E-state index contributed by atoms with van der Waals surface area (Å²) >= 11 is 0. The largest absolute Gasteiger partial charge is 0.496 e. The van der Waals surface area contributed by atoms with Crippen LogP contribution in [0.1, 0.15) is 11.1 Å². The van der Waals surface area contributed by atoms with E-state index in [2.05, 4.69) is 15.4 Å². The smallest absolute Gasteiger partial charge is 0.127 e. The molecule has 0 aliphatic carbocycles. The molecule has 3 rings (SSSR count). The molecule has 2 heterocycles. The van der Waals surface area contributed by atoms with Gasteiger partial charge in [-0.25, -0.2) is 9.40 Å². The molecule has 4 nitrogen and oxygen atoms in total. The van der Waals surface area contributed by atoms with Crippen molar-refractivity contribution < 1.29 is 9.13 Å². The third kappa shape index (κ3) is 2.44. The maximum Gasteiger partial charge on any atom is 0.127 e. The van der Waals surface area contributed by atoms with E-state index < -0.39 is 0 Å². The second-order valence-corrected chi connectivity index (χ2v) is 4.73. The van der Waals surface area contributed by atoms with E-state index in [4.69, 9.17) is 4.74 Å². The Morgan fingerprint density at radius 3 is 2.75 bits per heavy atom. The van der Waals surface area contributed by atoms with E-state index in [1.165, 1.54) is 6.07 Å². The van der Waals surface area contributed by atoms with Gasteiger partial charge in [-0.1, -0.05) is 0 Å². The number of ether oxygens (including phenoxy) is 1. The Balaban J connectivity index is 1.83. The number of anilines is 1. The molecule has 1 aromatic carbocycles. The standard InChI is InChI=1S/C15H16FN3O/c1-20-15-3-2-14(16)12-6-9-19(10-13(12)15)18-11-4-7-17-8-5-11/h2-5,7-8H,6,9-10H2,1H3,(H,17,18). The molecule has 20 heavy (non-hydrogen) atoms. The van der Waals surface area contributed by atoms with E-state index in [9.17, 15) is 4.39 Å². The molecule has 0 amide bonds. The third-order valence-electron chi connectivity index (χ3n) is 3.50. The average Bonchev–Trinajstić information content (AvgIpc) is 2.49. The Kier molecular flexibility index (Phi) is 3.52. The number of pyridine rings is 1. The van der Waals surface area contributed by atoms with Crippen molar-refractivity contribution in [2.75, 3.05) is 19.1 Å². The first-order valence-electron chi connectivity index (χ1n) is 6.54. The Morgan fingerprint density at radius 2 is 2.00 bits per heavy atom. The summed E-state index contributed by atoms with van der Waals surface area (Å²) in [6.07, 6.45) is 4.14. The predicted octanol–water partition coefficient (Wildman–Crippen LogP) is 2.61. The SMILES string of the molecule is COc1ccc(F)c2c1CN(Nc1ccncc1)CC2. The number of hydrogen-bond acceptors (Lipinski definition) is 4. The van der Waals surface area contributed by atoms with E-state index in [0.29, 0.717) is 13.0 Å². The lowest BCUT2D eigenvalue weighted by molar-refractivity contribution is 0.293. The highest BCUT2D eigenvalue weighted by molar-refractivity contribution is 5.44. The fraction of sp³-hybridized carbons (Fsp3) is 0.267. The van der Waals surface area contributed by atoms with Gasteiger partial charge < -0.3 is 10.2 Å². The van der Waals surface area contributed by atoms with Crippen LogP contribution >= 0.6 is 0 Å². The van der Waals surface area contributed by atoms with Crippen molar-refractivity contribution in [2.45, 2.75) is 13.0 Å². The molecule has 0 radical (unpaired) electrons. The molecule has 5 heteroatoms. The van der Waals surface area contributed by atoms with Crippen LogP contribution in [-0.2, 0) is 13.0 Å².